The topological polar surface area (TPSA) is 29.1 Å². The van der Waals surface area contributed by atoms with E-state index in [1.165, 1.54) is 6.92 Å². The van der Waals surface area contributed by atoms with Crippen LogP contribution in [0.1, 0.15) is 24.1 Å². The van der Waals surface area contributed by atoms with Gasteiger partial charge in [-0.2, -0.15) is 13.2 Å². The first-order chi connectivity index (χ1) is 7.89. The minimum absolute atomic E-state index is 0.0649. The molecule has 2 unspecified atom stereocenters. The number of amides is 1. The van der Waals surface area contributed by atoms with Crippen molar-refractivity contribution in [1.29, 1.82) is 0 Å². The van der Waals surface area contributed by atoms with Crippen molar-refractivity contribution in [3.8, 4) is 0 Å². The van der Waals surface area contributed by atoms with E-state index in [0.29, 0.717) is 11.1 Å². The van der Waals surface area contributed by atoms with Gasteiger partial charge in [-0.1, -0.05) is 24.3 Å². The van der Waals surface area contributed by atoms with Crippen molar-refractivity contribution in [2.75, 3.05) is 0 Å². The van der Waals surface area contributed by atoms with Crippen LogP contribution in [0.2, 0.25) is 0 Å². The number of fused-ring (bicyclic) bond motifs is 1. The summed E-state index contributed by atoms with van der Waals surface area (Å²) in [5, 5.41) is 2.40. The van der Waals surface area contributed by atoms with Crippen molar-refractivity contribution in [3.63, 3.8) is 0 Å². The van der Waals surface area contributed by atoms with Gasteiger partial charge in [0.2, 0.25) is 5.91 Å². The molecular formula is C12H12F3NO. The smallest absolute Gasteiger partial charge is 0.349 e. The number of nitrogens with one attached hydrogen (secondary N) is 1. The number of hydrogen-bond donors (Lipinski definition) is 1. The molecule has 1 aliphatic carbocycles. The van der Waals surface area contributed by atoms with Crippen molar-refractivity contribution < 1.29 is 18.0 Å². The van der Waals surface area contributed by atoms with Crippen LogP contribution in [0.4, 0.5) is 13.2 Å². The lowest BCUT2D eigenvalue weighted by atomic mass is 10.00. The molecule has 0 aromatic heterocycles. The molecule has 0 bridgehead atoms. The quantitative estimate of drug-likeness (QED) is 0.807. The predicted molar refractivity (Wildman–Crippen MR) is 56.2 cm³/mol. The molecular weight excluding hydrogens is 231 g/mol. The van der Waals surface area contributed by atoms with E-state index in [0.717, 1.165) is 0 Å². The summed E-state index contributed by atoms with van der Waals surface area (Å²) in [4.78, 5) is 11.0. The van der Waals surface area contributed by atoms with Crippen LogP contribution in [0.5, 0.6) is 0 Å². The van der Waals surface area contributed by atoms with Crippen LogP contribution in [0.25, 0.3) is 0 Å². The van der Waals surface area contributed by atoms with Crippen LogP contribution in [-0.4, -0.2) is 12.1 Å². The highest BCUT2D eigenvalue weighted by atomic mass is 19.4. The number of carbonyl (C=O) groups is 1. The molecule has 1 N–H and O–H groups in total. The summed E-state index contributed by atoms with van der Waals surface area (Å²) in [5.74, 6) is -1.97. The second kappa shape index (κ2) is 4.05. The average molecular weight is 243 g/mol. The van der Waals surface area contributed by atoms with Crippen LogP contribution in [0, 0.1) is 5.92 Å². The van der Waals surface area contributed by atoms with Gasteiger partial charge in [0.15, 0.2) is 0 Å². The summed E-state index contributed by atoms with van der Waals surface area (Å²) in [7, 11) is 0. The van der Waals surface area contributed by atoms with Crippen LogP contribution >= 0.6 is 0 Å². The van der Waals surface area contributed by atoms with Gasteiger partial charge in [-0.15, -0.1) is 0 Å². The molecule has 2 nitrogen and oxygen atoms in total. The maximum Gasteiger partial charge on any atom is 0.394 e. The van der Waals surface area contributed by atoms with E-state index >= 15 is 0 Å². The van der Waals surface area contributed by atoms with Gasteiger partial charge in [-0.3, -0.25) is 4.79 Å². The lowest BCUT2D eigenvalue weighted by molar-refractivity contribution is -0.180. The third-order valence-corrected chi connectivity index (χ3v) is 3.01. The van der Waals surface area contributed by atoms with Crippen molar-refractivity contribution >= 4 is 5.91 Å². The van der Waals surface area contributed by atoms with Crippen LogP contribution in [-0.2, 0) is 11.2 Å². The van der Waals surface area contributed by atoms with E-state index in [-0.39, 0.29) is 6.42 Å². The Morgan fingerprint density at radius 1 is 1.35 bits per heavy atom. The second-order valence-electron chi connectivity index (χ2n) is 4.23. The molecule has 1 aromatic carbocycles. The van der Waals surface area contributed by atoms with Gasteiger partial charge in [-0.05, 0) is 17.5 Å². The van der Waals surface area contributed by atoms with Gasteiger partial charge in [0.25, 0.3) is 0 Å². The van der Waals surface area contributed by atoms with Crippen LogP contribution < -0.4 is 5.32 Å². The van der Waals surface area contributed by atoms with Crippen LogP contribution in [0.3, 0.4) is 0 Å². The van der Waals surface area contributed by atoms with Gasteiger partial charge in [0.1, 0.15) is 0 Å². The maximum absolute atomic E-state index is 12.9. The first kappa shape index (κ1) is 12.0. The standard InChI is InChI=1S/C12H12F3NO/c1-7(17)16-11-9-5-3-2-4-8(9)6-10(11)12(13,14)15/h2-5,10-11H,6H2,1H3,(H,16,17). The molecule has 0 radical (unpaired) electrons. The zero-order valence-corrected chi connectivity index (χ0v) is 9.21. The Kier molecular flexibility index (Phi) is 2.85. The third kappa shape index (κ3) is 2.28. The van der Waals surface area contributed by atoms with Gasteiger partial charge in [0, 0.05) is 6.92 Å². The van der Waals surface area contributed by atoms with Crippen molar-refractivity contribution in [2.24, 2.45) is 5.92 Å². The fourth-order valence-electron chi connectivity index (χ4n) is 2.30. The largest absolute Gasteiger partial charge is 0.394 e. The number of alkyl halides is 3. The molecule has 0 fully saturated rings. The lowest BCUT2D eigenvalue weighted by Gasteiger charge is -2.23. The molecule has 0 aliphatic heterocycles. The maximum atomic E-state index is 12.9. The lowest BCUT2D eigenvalue weighted by Crippen LogP contribution is -2.36. The SMILES string of the molecule is CC(=O)NC1c2ccccc2CC1C(F)(F)F. The molecule has 1 amide bonds. The van der Waals surface area contributed by atoms with Crippen LogP contribution in [0.15, 0.2) is 24.3 Å². The number of halogens is 3. The van der Waals surface area contributed by atoms with E-state index in [4.69, 9.17) is 0 Å². The van der Waals surface area contributed by atoms with Gasteiger partial charge < -0.3 is 5.32 Å². The molecule has 92 valence electrons. The molecule has 0 heterocycles. The first-order valence-corrected chi connectivity index (χ1v) is 5.31. The van der Waals surface area contributed by atoms with Crippen molar-refractivity contribution in [1.82, 2.24) is 5.32 Å². The summed E-state index contributed by atoms with van der Waals surface area (Å²) in [6, 6.07) is 5.76. The highest BCUT2D eigenvalue weighted by Gasteiger charge is 2.49. The summed E-state index contributed by atoms with van der Waals surface area (Å²) in [6.07, 6.45) is -4.36. The van der Waals surface area contributed by atoms with Crippen molar-refractivity contribution in [3.05, 3.63) is 35.4 Å². The van der Waals surface area contributed by atoms with E-state index < -0.39 is 24.0 Å². The van der Waals surface area contributed by atoms with Gasteiger partial charge in [0.05, 0.1) is 12.0 Å². The van der Waals surface area contributed by atoms with Gasteiger partial charge >= 0.3 is 6.18 Å². The fourth-order valence-corrected chi connectivity index (χ4v) is 2.30. The van der Waals surface area contributed by atoms with E-state index in [2.05, 4.69) is 5.32 Å². The highest BCUT2D eigenvalue weighted by Crippen LogP contribution is 2.44. The minimum atomic E-state index is -4.30. The average Bonchev–Trinajstić information content (AvgIpc) is 2.56. The second-order valence-corrected chi connectivity index (χ2v) is 4.23. The highest BCUT2D eigenvalue weighted by molar-refractivity contribution is 5.73. The third-order valence-electron chi connectivity index (χ3n) is 3.01. The predicted octanol–water partition coefficient (Wildman–Crippen LogP) is 2.60. The Morgan fingerprint density at radius 3 is 2.59 bits per heavy atom. The molecule has 5 heteroatoms. The fraction of sp³-hybridized carbons (Fsp3) is 0.417. The normalized spacial score (nSPS) is 23.3. The molecule has 0 saturated carbocycles. The van der Waals surface area contributed by atoms with E-state index in [9.17, 15) is 18.0 Å². The number of carbonyl (C=O) groups excluding carboxylic acids is 1. The Labute approximate surface area is 96.8 Å². The molecule has 0 saturated heterocycles. The van der Waals surface area contributed by atoms with Gasteiger partial charge in [-0.25, -0.2) is 0 Å². The Hall–Kier alpha value is -1.52. The van der Waals surface area contributed by atoms with Crippen molar-refractivity contribution in [2.45, 2.75) is 25.6 Å². The summed E-state index contributed by atoms with van der Waals surface area (Å²) in [6.45, 7) is 1.23. The molecule has 1 aliphatic rings. The summed E-state index contributed by atoms with van der Waals surface area (Å²) in [5.41, 5.74) is 1.23. The van der Waals surface area contributed by atoms with E-state index in [1.807, 2.05) is 0 Å². The Morgan fingerprint density at radius 2 is 2.00 bits per heavy atom. The molecule has 0 spiro atoms. The minimum Gasteiger partial charge on any atom is -0.349 e. The summed E-state index contributed by atoms with van der Waals surface area (Å²) < 4.78 is 38.6. The zero-order valence-electron chi connectivity index (χ0n) is 9.21. The summed E-state index contributed by atoms with van der Waals surface area (Å²) >= 11 is 0. The number of hydrogen-bond acceptors (Lipinski definition) is 1. The Bertz CT molecular complexity index is 442. The number of rotatable bonds is 1. The van der Waals surface area contributed by atoms with E-state index in [1.54, 1.807) is 24.3 Å². The Balaban J connectivity index is 2.37. The first-order valence-electron chi connectivity index (χ1n) is 5.31. The molecule has 1 aromatic rings. The molecule has 17 heavy (non-hydrogen) atoms. The zero-order chi connectivity index (χ0) is 12.6. The monoisotopic (exact) mass is 243 g/mol. The molecule has 2 atom stereocenters. The molecule has 2 rings (SSSR count). The number of benzene rings is 1.